The summed E-state index contributed by atoms with van der Waals surface area (Å²) in [6.45, 7) is 0. The molecule has 0 spiro atoms. The van der Waals surface area contributed by atoms with Gasteiger partial charge in [0.25, 0.3) is 0 Å². The van der Waals surface area contributed by atoms with Crippen LogP contribution in [0.2, 0.25) is 10.0 Å². The molecule has 1 aromatic carbocycles. The molecule has 1 aromatic heterocycles. The lowest BCUT2D eigenvalue weighted by atomic mass is 10.1. The van der Waals surface area contributed by atoms with Gasteiger partial charge in [-0.2, -0.15) is 0 Å². The number of carbonyl (C=O) groups is 1. The van der Waals surface area contributed by atoms with Gasteiger partial charge in [0.05, 0.1) is 0 Å². The largest absolute Gasteiger partial charge is 0.292 e. The van der Waals surface area contributed by atoms with Crippen molar-refractivity contribution in [3.63, 3.8) is 0 Å². The molecule has 0 radical (unpaired) electrons. The molecule has 2 aromatic rings. The lowest BCUT2D eigenvalue weighted by Gasteiger charge is -2.02. The quantitative estimate of drug-likeness (QED) is 0.806. The first-order chi connectivity index (χ1) is 7.66. The zero-order valence-electron chi connectivity index (χ0n) is 7.98. The van der Waals surface area contributed by atoms with E-state index in [-0.39, 0.29) is 12.2 Å². The number of aromatic nitrogens is 2. The van der Waals surface area contributed by atoms with Crippen molar-refractivity contribution < 1.29 is 4.79 Å². The fourth-order valence-electron chi connectivity index (χ4n) is 1.23. The van der Waals surface area contributed by atoms with Crippen LogP contribution in [0, 0.1) is 0 Å². The van der Waals surface area contributed by atoms with Crippen LogP contribution in [0.15, 0.2) is 23.6 Å². The van der Waals surface area contributed by atoms with Gasteiger partial charge in [0.15, 0.2) is 5.78 Å². The van der Waals surface area contributed by atoms with E-state index in [0.29, 0.717) is 21.3 Å². The number of hydrogen-bond donors (Lipinski definition) is 0. The van der Waals surface area contributed by atoms with E-state index < -0.39 is 0 Å². The Balaban J connectivity index is 2.21. The molecule has 2 rings (SSSR count). The Morgan fingerprint density at radius 2 is 2.19 bits per heavy atom. The standard InChI is InChI=1S/C10H6Cl2N2OS/c11-7-1-2-8(12)6(3-7)4-10(15)9-5-16-14-13-9/h1-3,5H,4H2. The highest BCUT2D eigenvalue weighted by molar-refractivity contribution is 7.03. The molecule has 0 aliphatic rings. The van der Waals surface area contributed by atoms with Gasteiger partial charge in [-0.15, -0.1) is 5.10 Å². The number of benzene rings is 1. The van der Waals surface area contributed by atoms with Gasteiger partial charge in [0.2, 0.25) is 0 Å². The number of ketones is 1. The average Bonchev–Trinajstić information content (AvgIpc) is 2.76. The van der Waals surface area contributed by atoms with Crippen LogP contribution >= 0.6 is 34.7 Å². The zero-order chi connectivity index (χ0) is 11.5. The number of halogens is 2. The first-order valence-corrected chi connectivity index (χ1v) is 6.00. The van der Waals surface area contributed by atoms with Gasteiger partial charge < -0.3 is 0 Å². The van der Waals surface area contributed by atoms with E-state index in [4.69, 9.17) is 23.2 Å². The van der Waals surface area contributed by atoms with Crippen molar-refractivity contribution in [3.05, 3.63) is 44.9 Å². The van der Waals surface area contributed by atoms with Crippen molar-refractivity contribution in [1.29, 1.82) is 0 Å². The van der Waals surface area contributed by atoms with Crippen LogP contribution < -0.4 is 0 Å². The molecule has 0 bridgehead atoms. The third-order valence-electron chi connectivity index (χ3n) is 2.00. The highest BCUT2D eigenvalue weighted by Gasteiger charge is 2.12. The summed E-state index contributed by atoms with van der Waals surface area (Å²) in [4.78, 5) is 11.7. The van der Waals surface area contributed by atoms with Crippen LogP contribution in [0.25, 0.3) is 0 Å². The minimum absolute atomic E-state index is 0.113. The smallest absolute Gasteiger partial charge is 0.188 e. The van der Waals surface area contributed by atoms with Gasteiger partial charge in [0, 0.05) is 21.8 Å². The van der Waals surface area contributed by atoms with E-state index in [2.05, 4.69) is 9.59 Å². The number of nitrogens with zero attached hydrogens (tertiary/aromatic N) is 2. The lowest BCUT2D eigenvalue weighted by Crippen LogP contribution is -2.04. The second-order valence-electron chi connectivity index (χ2n) is 3.13. The predicted octanol–water partition coefficient (Wildman–Crippen LogP) is 3.27. The van der Waals surface area contributed by atoms with E-state index in [1.165, 1.54) is 0 Å². The van der Waals surface area contributed by atoms with E-state index in [1.807, 2.05) is 0 Å². The van der Waals surface area contributed by atoms with E-state index in [0.717, 1.165) is 11.5 Å². The Morgan fingerprint density at radius 1 is 1.38 bits per heavy atom. The minimum Gasteiger partial charge on any atom is -0.292 e. The molecule has 0 saturated carbocycles. The highest BCUT2D eigenvalue weighted by atomic mass is 35.5. The minimum atomic E-state index is -0.113. The topological polar surface area (TPSA) is 42.9 Å². The maximum absolute atomic E-state index is 11.7. The number of carbonyl (C=O) groups excluding carboxylic acids is 1. The number of hydrogen-bond acceptors (Lipinski definition) is 4. The van der Waals surface area contributed by atoms with E-state index >= 15 is 0 Å². The highest BCUT2D eigenvalue weighted by Crippen LogP contribution is 2.22. The van der Waals surface area contributed by atoms with E-state index in [1.54, 1.807) is 23.6 Å². The third-order valence-corrected chi connectivity index (χ3v) is 3.11. The summed E-state index contributed by atoms with van der Waals surface area (Å²) >= 11 is 12.9. The van der Waals surface area contributed by atoms with Crippen molar-refractivity contribution in [1.82, 2.24) is 9.59 Å². The summed E-state index contributed by atoms with van der Waals surface area (Å²) in [5.41, 5.74) is 1.06. The average molecular weight is 273 g/mol. The van der Waals surface area contributed by atoms with Gasteiger partial charge >= 0.3 is 0 Å². The van der Waals surface area contributed by atoms with Crippen molar-refractivity contribution >= 4 is 40.5 Å². The summed E-state index contributed by atoms with van der Waals surface area (Å²) in [6, 6.07) is 5.04. The summed E-state index contributed by atoms with van der Waals surface area (Å²) in [7, 11) is 0. The van der Waals surface area contributed by atoms with Crippen LogP contribution in [0.5, 0.6) is 0 Å². The Labute approximate surface area is 106 Å². The zero-order valence-corrected chi connectivity index (χ0v) is 10.3. The molecule has 16 heavy (non-hydrogen) atoms. The summed E-state index contributed by atoms with van der Waals surface area (Å²) in [5, 5.41) is 6.41. The summed E-state index contributed by atoms with van der Waals surface area (Å²) in [6.07, 6.45) is 0.185. The lowest BCUT2D eigenvalue weighted by molar-refractivity contribution is 0.0988. The van der Waals surface area contributed by atoms with Crippen LogP contribution in [0.4, 0.5) is 0 Å². The normalized spacial score (nSPS) is 10.4. The molecule has 82 valence electrons. The van der Waals surface area contributed by atoms with Crippen LogP contribution in [0.3, 0.4) is 0 Å². The molecule has 0 aliphatic heterocycles. The van der Waals surface area contributed by atoms with Crippen LogP contribution in [-0.2, 0) is 6.42 Å². The molecular formula is C10H6Cl2N2OS. The summed E-state index contributed by atoms with van der Waals surface area (Å²) < 4.78 is 3.64. The first kappa shape index (κ1) is 11.5. The van der Waals surface area contributed by atoms with E-state index in [9.17, 15) is 4.79 Å². The molecule has 0 atom stereocenters. The fourth-order valence-corrected chi connectivity index (χ4v) is 2.07. The fraction of sp³-hybridized carbons (Fsp3) is 0.100. The SMILES string of the molecule is O=C(Cc1cc(Cl)ccc1Cl)c1csnn1. The van der Waals surface area contributed by atoms with Gasteiger partial charge in [-0.1, -0.05) is 27.7 Å². The second-order valence-corrected chi connectivity index (χ2v) is 4.58. The number of Topliss-reactive ketones (excluding diaryl/α,β-unsaturated/α-hetero) is 1. The molecule has 6 heteroatoms. The van der Waals surface area contributed by atoms with Crippen molar-refractivity contribution in [2.45, 2.75) is 6.42 Å². The molecule has 3 nitrogen and oxygen atoms in total. The molecule has 0 N–H and O–H groups in total. The monoisotopic (exact) mass is 272 g/mol. The van der Waals surface area contributed by atoms with Gasteiger partial charge in [-0.3, -0.25) is 4.79 Å². The molecular weight excluding hydrogens is 267 g/mol. The first-order valence-electron chi connectivity index (χ1n) is 4.41. The van der Waals surface area contributed by atoms with Gasteiger partial charge in [-0.05, 0) is 35.3 Å². The molecule has 0 amide bonds. The maximum atomic E-state index is 11.7. The van der Waals surface area contributed by atoms with Crippen LogP contribution in [0.1, 0.15) is 16.1 Å². The third kappa shape index (κ3) is 2.58. The van der Waals surface area contributed by atoms with Gasteiger partial charge in [0.1, 0.15) is 5.69 Å². The van der Waals surface area contributed by atoms with Crippen LogP contribution in [-0.4, -0.2) is 15.4 Å². The van der Waals surface area contributed by atoms with Gasteiger partial charge in [-0.25, -0.2) is 0 Å². The molecule has 0 aliphatic carbocycles. The second kappa shape index (κ2) is 4.91. The van der Waals surface area contributed by atoms with Crippen molar-refractivity contribution in [2.75, 3.05) is 0 Å². The predicted molar refractivity (Wildman–Crippen MR) is 64.4 cm³/mol. The van der Waals surface area contributed by atoms with Crippen molar-refractivity contribution in [3.8, 4) is 0 Å². The molecule has 1 heterocycles. The molecule has 0 unspecified atom stereocenters. The summed E-state index contributed by atoms with van der Waals surface area (Å²) in [5.74, 6) is -0.113. The Hall–Kier alpha value is -0.970. The number of rotatable bonds is 3. The molecule has 0 saturated heterocycles. The Morgan fingerprint density at radius 3 is 2.88 bits per heavy atom. The maximum Gasteiger partial charge on any atom is 0.188 e. The van der Waals surface area contributed by atoms with Crippen molar-refractivity contribution in [2.24, 2.45) is 0 Å². The Bertz CT molecular complexity index is 514. The Kier molecular flexibility index (Phi) is 3.53. The molecule has 0 fully saturated rings.